The molecule has 1 aliphatic heterocycles. The Kier molecular flexibility index (Phi) is 7.42. The molecule has 0 bridgehead atoms. The first-order valence-electron chi connectivity index (χ1n) is 12.5. The van der Waals surface area contributed by atoms with E-state index in [1.54, 1.807) is 0 Å². The quantitative estimate of drug-likeness (QED) is 0.340. The van der Waals surface area contributed by atoms with Crippen molar-refractivity contribution in [3.8, 4) is 0 Å². The van der Waals surface area contributed by atoms with Crippen molar-refractivity contribution in [2.24, 2.45) is 5.14 Å². The number of sulfonamides is 1. The summed E-state index contributed by atoms with van der Waals surface area (Å²) in [5.41, 5.74) is 4.32. The Hall–Kier alpha value is -4.12. The molecule has 0 saturated carbocycles. The molecule has 1 amide bonds. The third-order valence-corrected chi connectivity index (χ3v) is 7.61. The number of hydrogen-bond acceptors (Lipinski definition) is 7. The number of amides is 1. The molecule has 3 aromatic carbocycles. The van der Waals surface area contributed by atoms with Gasteiger partial charge in [-0.3, -0.25) is 14.7 Å². The molecule has 0 fully saturated rings. The molecule has 1 aliphatic rings. The smallest absolute Gasteiger partial charge is 0.339 e. The Balaban J connectivity index is 1.37. The Labute approximate surface area is 226 Å². The average Bonchev–Trinajstić information content (AvgIpc) is 2.92. The number of nitrogens with one attached hydrogen (secondary N) is 1. The van der Waals surface area contributed by atoms with Crippen LogP contribution < -0.4 is 10.5 Å². The average molecular weight is 545 g/mol. The summed E-state index contributed by atoms with van der Waals surface area (Å²) >= 11 is 0. The van der Waals surface area contributed by atoms with E-state index in [2.05, 4.69) is 22.3 Å². The highest BCUT2D eigenvalue weighted by molar-refractivity contribution is 7.89. The SMILES string of the molecule is CC(OC(=O)c1c2c(nc3ccccc13)CCN(Cc1ccccc1)C2)C(=O)Nc1ccc(S(N)(=O)=O)cc1. The van der Waals surface area contributed by atoms with E-state index < -0.39 is 28.0 Å². The maximum absolute atomic E-state index is 13.6. The zero-order valence-electron chi connectivity index (χ0n) is 21.3. The van der Waals surface area contributed by atoms with Crippen molar-refractivity contribution in [3.63, 3.8) is 0 Å². The Morgan fingerprint density at radius 2 is 1.72 bits per heavy atom. The summed E-state index contributed by atoms with van der Waals surface area (Å²) in [4.78, 5) is 33.4. The van der Waals surface area contributed by atoms with Gasteiger partial charge in [0.25, 0.3) is 5.91 Å². The van der Waals surface area contributed by atoms with Gasteiger partial charge in [-0.1, -0.05) is 48.5 Å². The van der Waals surface area contributed by atoms with E-state index in [9.17, 15) is 18.0 Å². The van der Waals surface area contributed by atoms with Crippen LogP contribution in [0.15, 0.2) is 83.8 Å². The molecule has 0 saturated heterocycles. The van der Waals surface area contributed by atoms with Crippen LogP contribution in [0.2, 0.25) is 0 Å². The number of anilines is 1. The van der Waals surface area contributed by atoms with Crippen LogP contribution in [0.25, 0.3) is 10.9 Å². The van der Waals surface area contributed by atoms with Gasteiger partial charge in [0.2, 0.25) is 10.0 Å². The number of fused-ring (bicyclic) bond motifs is 2. The number of carbonyl (C=O) groups excluding carboxylic acids is 2. The lowest BCUT2D eigenvalue weighted by Crippen LogP contribution is -2.34. The van der Waals surface area contributed by atoms with E-state index in [0.717, 1.165) is 24.3 Å². The molecule has 2 heterocycles. The number of pyridine rings is 1. The van der Waals surface area contributed by atoms with Gasteiger partial charge in [0.15, 0.2) is 6.10 Å². The second-order valence-corrected chi connectivity index (χ2v) is 11.0. The number of para-hydroxylation sites is 1. The first-order chi connectivity index (χ1) is 18.7. The first kappa shape index (κ1) is 26.5. The minimum atomic E-state index is -3.85. The highest BCUT2D eigenvalue weighted by Crippen LogP contribution is 2.30. The maximum atomic E-state index is 13.6. The lowest BCUT2D eigenvalue weighted by molar-refractivity contribution is -0.123. The molecule has 1 atom stereocenters. The van der Waals surface area contributed by atoms with Crippen LogP contribution in [0, 0.1) is 0 Å². The predicted molar refractivity (Wildman–Crippen MR) is 147 cm³/mol. The molecular weight excluding hydrogens is 516 g/mol. The van der Waals surface area contributed by atoms with Gasteiger partial charge in [-0.05, 0) is 42.8 Å². The van der Waals surface area contributed by atoms with E-state index in [-0.39, 0.29) is 4.90 Å². The van der Waals surface area contributed by atoms with Crippen molar-refractivity contribution in [2.75, 3.05) is 11.9 Å². The topological polar surface area (TPSA) is 132 Å². The van der Waals surface area contributed by atoms with Crippen molar-refractivity contribution in [2.45, 2.75) is 37.4 Å². The number of aromatic nitrogens is 1. The van der Waals surface area contributed by atoms with E-state index in [4.69, 9.17) is 14.9 Å². The summed E-state index contributed by atoms with van der Waals surface area (Å²) in [6.45, 7) is 3.57. The summed E-state index contributed by atoms with van der Waals surface area (Å²) < 4.78 is 28.6. The van der Waals surface area contributed by atoms with Gasteiger partial charge in [0.05, 0.1) is 16.0 Å². The van der Waals surface area contributed by atoms with E-state index in [0.29, 0.717) is 35.1 Å². The van der Waals surface area contributed by atoms with Crippen LogP contribution in [0.5, 0.6) is 0 Å². The van der Waals surface area contributed by atoms with Gasteiger partial charge >= 0.3 is 5.97 Å². The Morgan fingerprint density at radius 1 is 1.03 bits per heavy atom. The zero-order valence-corrected chi connectivity index (χ0v) is 22.1. The van der Waals surface area contributed by atoms with Crippen molar-refractivity contribution in [1.29, 1.82) is 0 Å². The highest BCUT2D eigenvalue weighted by Gasteiger charge is 2.29. The third-order valence-electron chi connectivity index (χ3n) is 6.68. The maximum Gasteiger partial charge on any atom is 0.339 e. The van der Waals surface area contributed by atoms with E-state index >= 15 is 0 Å². The number of carbonyl (C=O) groups is 2. The van der Waals surface area contributed by atoms with E-state index in [1.807, 2.05) is 42.5 Å². The van der Waals surface area contributed by atoms with Crippen LogP contribution in [0.4, 0.5) is 5.69 Å². The Bertz CT molecular complexity index is 1640. The molecule has 0 spiro atoms. The first-order valence-corrected chi connectivity index (χ1v) is 14.0. The second-order valence-electron chi connectivity index (χ2n) is 9.48. The van der Waals surface area contributed by atoms with Crippen LogP contribution in [0.3, 0.4) is 0 Å². The minimum absolute atomic E-state index is 0.0735. The van der Waals surface area contributed by atoms with Gasteiger partial charge in [0.1, 0.15) is 0 Å². The van der Waals surface area contributed by atoms with Crippen molar-refractivity contribution in [1.82, 2.24) is 9.88 Å². The van der Waals surface area contributed by atoms with Crippen molar-refractivity contribution >= 4 is 38.5 Å². The van der Waals surface area contributed by atoms with Crippen molar-refractivity contribution < 1.29 is 22.7 Å². The van der Waals surface area contributed by atoms with Gasteiger partial charge in [-0.15, -0.1) is 0 Å². The summed E-state index contributed by atoms with van der Waals surface area (Å²) in [5, 5.41) is 8.43. The molecule has 0 radical (unpaired) electrons. The lowest BCUT2D eigenvalue weighted by atomic mass is 9.95. The van der Waals surface area contributed by atoms with Crippen LogP contribution in [-0.2, 0) is 39.1 Å². The number of ether oxygens (including phenoxy) is 1. The fourth-order valence-electron chi connectivity index (χ4n) is 4.70. The second kappa shape index (κ2) is 10.9. The summed E-state index contributed by atoms with van der Waals surface area (Å²) in [6, 6.07) is 23.0. The van der Waals surface area contributed by atoms with Crippen LogP contribution >= 0.6 is 0 Å². The summed E-state index contributed by atoms with van der Waals surface area (Å²) in [7, 11) is -3.85. The fraction of sp³-hybridized carbons (Fsp3) is 0.207. The largest absolute Gasteiger partial charge is 0.449 e. The van der Waals surface area contributed by atoms with Gasteiger partial charge < -0.3 is 10.1 Å². The molecule has 5 rings (SSSR count). The number of rotatable bonds is 7. The van der Waals surface area contributed by atoms with Gasteiger partial charge in [0, 0.05) is 48.4 Å². The minimum Gasteiger partial charge on any atom is -0.449 e. The number of nitrogens with two attached hydrogens (primary N) is 1. The molecule has 200 valence electrons. The third kappa shape index (κ3) is 5.98. The molecule has 4 aromatic rings. The number of primary sulfonamides is 1. The number of hydrogen-bond donors (Lipinski definition) is 2. The van der Waals surface area contributed by atoms with Crippen LogP contribution in [0.1, 0.15) is 34.1 Å². The molecule has 0 aliphatic carbocycles. The lowest BCUT2D eigenvalue weighted by Gasteiger charge is -2.30. The van der Waals surface area contributed by atoms with Gasteiger partial charge in [-0.2, -0.15) is 0 Å². The molecular formula is C29H28N4O5S. The van der Waals surface area contributed by atoms with Crippen molar-refractivity contribution in [3.05, 3.63) is 101 Å². The predicted octanol–water partition coefficient (Wildman–Crippen LogP) is 3.62. The zero-order chi connectivity index (χ0) is 27.6. The highest BCUT2D eigenvalue weighted by atomic mass is 32.2. The molecule has 39 heavy (non-hydrogen) atoms. The van der Waals surface area contributed by atoms with Crippen LogP contribution in [-0.4, -0.2) is 42.8 Å². The number of benzene rings is 3. The standard InChI is InChI=1S/C29H28N4O5S/c1-19(28(34)31-21-11-13-22(14-12-21)39(30,36)37)38-29(35)27-23-9-5-6-10-25(23)32-26-15-16-33(18-24(26)27)17-20-7-3-2-4-8-20/h2-14,19H,15-18H2,1H3,(H,31,34)(H2,30,36,37). The van der Waals surface area contributed by atoms with E-state index in [1.165, 1.54) is 36.8 Å². The molecule has 1 unspecified atom stereocenters. The molecule has 9 nitrogen and oxygen atoms in total. The number of esters is 1. The summed E-state index contributed by atoms with van der Waals surface area (Å²) in [5.74, 6) is -1.15. The molecule has 10 heteroatoms. The molecule has 1 aromatic heterocycles. The summed E-state index contributed by atoms with van der Waals surface area (Å²) in [6.07, 6.45) is -0.417. The fourth-order valence-corrected chi connectivity index (χ4v) is 5.22. The number of nitrogens with zero attached hydrogens (tertiary/aromatic N) is 2. The normalized spacial score (nSPS) is 14.4. The Morgan fingerprint density at radius 3 is 2.44 bits per heavy atom. The monoisotopic (exact) mass is 544 g/mol. The van der Waals surface area contributed by atoms with Gasteiger partial charge in [-0.25, -0.2) is 18.4 Å². The molecule has 3 N–H and O–H groups in total.